The highest BCUT2D eigenvalue weighted by Gasteiger charge is 2.40. The summed E-state index contributed by atoms with van der Waals surface area (Å²) in [6.07, 6.45) is 0. The second-order valence-electron chi connectivity index (χ2n) is 18.0. The van der Waals surface area contributed by atoms with Crippen LogP contribution in [0.1, 0.15) is 109 Å². The topological polar surface area (TPSA) is 115 Å². The Morgan fingerprint density at radius 1 is 0.603 bits per heavy atom. The van der Waals surface area contributed by atoms with Gasteiger partial charge in [-0.1, -0.05) is 79.7 Å². The molecule has 0 aliphatic carbocycles. The molecule has 1 saturated heterocycles. The lowest BCUT2D eigenvalue weighted by atomic mass is 9.87. The Hall–Kier alpha value is -5.36. The number of amides is 4. The van der Waals surface area contributed by atoms with Gasteiger partial charge in [0.05, 0.1) is 26.3 Å². The van der Waals surface area contributed by atoms with E-state index in [9.17, 15) is 19.2 Å². The van der Waals surface area contributed by atoms with Gasteiger partial charge in [0.25, 0.3) is 11.8 Å². The fourth-order valence-corrected chi connectivity index (χ4v) is 8.32. The Morgan fingerprint density at radius 2 is 1.03 bits per heavy atom. The first kappa shape index (κ1) is 48.7. The van der Waals surface area contributed by atoms with E-state index in [1.54, 1.807) is 0 Å². The number of benzene rings is 4. The average Bonchev–Trinajstić information content (AvgIpc) is 3.70. The molecule has 0 unspecified atom stereocenters. The minimum atomic E-state index is -0.147. The quantitative estimate of drug-likeness (QED) is 0.164. The fraction of sp³-hybridized carbons (Fsp3) is 0.462. The van der Waals surface area contributed by atoms with Gasteiger partial charge in [-0.3, -0.25) is 29.0 Å². The Morgan fingerprint density at radius 3 is 1.44 bits per heavy atom. The van der Waals surface area contributed by atoms with Crippen molar-refractivity contribution in [2.75, 3.05) is 86.0 Å². The normalized spacial score (nSPS) is 16.0. The van der Waals surface area contributed by atoms with Crippen LogP contribution < -0.4 is 20.4 Å². The van der Waals surface area contributed by atoms with E-state index in [0.29, 0.717) is 61.9 Å². The van der Waals surface area contributed by atoms with Crippen molar-refractivity contribution in [3.05, 3.63) is 117 Å². The van der Waals surface area contributed by atoms with Gasteiger partial charge in [-0.15, -0.1) is 0 Å². The first-order valence-corrected chi connectivity index (χ1v) is 22.6. The van der Waals surface area contributed by atoms with Crippen molar-refractivity contribution in [1.29, 1.82) is 0 Å². The van der Waals surface area contributed by atoms with Crippen molar-refractivity contribution in [1.82, 2.24) is 9.80 Å². The number of anilines is 4. The van der Waals surface area contributed by atoms with Gasteiger partial charge < -0.3 is 25.2 Å². The zero-order valence-electron chi connectivity index (χ0n) is 39.8. The van der Waals surface area contributed by atoms with Crippen LogP contribution in [0.5, 0.6) is 0 Å². The number of nitrogens with one attached hydrogen (secondary N) is 2. The number of nitrogens with zero attached hydrogens (tertiary/aromatic N) is 4. The molecular weight excluding hydrogens is 789 g/mol. The molecule has 338 valence electrons. The summed E-state index contributed by atoms with van der Waals surface area (Å²) in [7, 11) is 0. The highest BCUT2D eigenvalue weighted by atomic mass is 16.5. The molecule has 1 fully saturated rings. The Balaban J connectivity index is 0.000000229. The lowest BCUT2D eigenvalue weighted by molar-refractivity contribution is -0.121. The highest BCUT2D eigenvalue weighted by molar-refractivity contribution is 6.06. The molecule has 11 nitrogen and oxygen atoms in total. The number of fused-ring (bicyclic) bond motifs is 2. The van der Waals surface area contributed by atoms with Gasteiger partial charge in [-0.25, -0.2) is 0 Å². The highest BCUT2D eigenvalue weighted by Crippen LogP contribution is 2.43. The number of carbonyl (C=O) groups is 4. The van der Waals surface area contributed by atoms with E-state index in [1.807, 2.05) is 124 Å². The lowest BCUT2D eigenvalue weighted by Gasteiger charge is -2.28. The number of likely N-dealkylation sites (N-methyl/N-ethyl adjacent to an activating group) is 1. The molecule has 3 heterocycles. The summed E-state index contributed by atoms with van der Waals surface area (Å²) in [6, 6.07) is 23.2. The molecule has 2 N–H and O–H groups in total. The number of hydrogen-bond donors (Lipinski definition) is 2. The minimum Gasteiger partial charge on any atom is -0.379 e. The third-order valence-electron chi connectivity index (χ3n) is 12.5. The maximum Gasteiger partial charge on any atom is 0.255 e. The maximum absolute atomic E-state index is 13.1. The monoisotopic (exact) mass is 859 g/mol. The maximum atomic E-state index is 13.1. The number of ether oxygens (including phenoxy) is 1. The molecule has 0 aromatic heterocycles. The van der Waals surface area contributed by atoms with E-state index in [1.165, 1.54) is 0 Å². The zero-order valence-corrected chi connectivity index (χ0v) is 39.8. The van der Waals surface area contributed by atoms with E-state index in [4.69, 9.17) is 4.74 Å². The standard InChI is InChI=1S/C25H31N3O3.C25H33N3O2.C2H6/c1-17-5-6-19(13-18(17)2)24(30)26-20-7-8-21-22(14-20)28(16-25(21,3)4)23(29)15-27-9-11-31-12-10-27;1-7-27(8-2)15-23(29)28-16-25(5,6)21-12-11-20(14-22(21)28)26-24(30)19-10-9-17(3)18(4)13-19;1-2/h5-8,13-14H,9-12,15-16H2,1-4H3,(H,26,30);9-14H,7-8,15-16H2,1-6H3,(H,26,30);1-2H3. The van der Waals surface area contributed by atoms with Gasteiger partial charge >= 0.3 is 0 Å². The predicted molar refractivity (Wildman–Crippen MR) is 258 cm³/mol. The minimum absolute atomic E-state index is 0.0892. The Labute approximate surface area is 376 Å². The van der Waals surface area contributed by atoms with Crippen LogP contribution in [0.15, 0.2) is 72.8 Å². The molecular formula is C52H70N6O5. The number of rotatable bonds is 10. The molecule has 63 heavy (non-hydrogen) atoms. The van der Waals surface area contributed by atoms with Gasteiger partial charge in [-0.05, 0) is 123 Å². The van der Waals surface area contributed by atoms with E-state index in [2.05, 4.69) is 62.0 Å². The van der Waals surface area contributed by atoms with Crippen molar-refractivity contribution >= 4 is 46.4 Å². The predicted octanol–water partition coefficient (Wildman–Crippen LogP) is 9.06. The average molecular weight is 859 g/mol. The van der Waals surface area contributed by atoms with Crippen molar-refractivity contribution < 1.29 is 23.9 Å². The summed E-state index contributed by atoms with van der Waals surface area (Å²) in [5, 5.41) is 6.00. The smallest absolute Gasteiger partial charge is 0.255 e. The molecule has 3 aliphatic rings. The molecule has 0 bridgehead atoms. The molecule has 0 spiro atoms. The third kappa shape index (κ3) is 11.6. The van der Waals surface area contributed by atoms with Gasteiger partial charge in [0.15, 0.2) is 0 Å². The van der Waals surface area contributed by atoms with Crippen LogP contribution in [0, 0.1) is 27.7 Å². The molecule has 3 aliphatic heterocycles. The van der Waals surface area contributed by atoms with Crippen LogP contribution in [0.3, 0.4) is 0 Å². The van der Waals surface area contributed by atoms with Gasteiger partial charge in [-0.2, -0.15) is 0 Å². The van der Waals surface area contributed by atoms with Crippen molar-refractivity contribution in [2.24, 2.45) is 0 Å². The fourth-order valence-electron chi connectivity index (χ4n) is 8.32. The van der Waals surface area contributed by atoms with Crippen LogP contribution in [-0.4, -0.2) is 99.0 Å². The van der Waals surface area contributed by atoms with E-state index in [0.717, 1.165) is 70.9 Å². The second-order valence-corrected chi connectivity index (χ2v) is 18.0. The zero-order chi connectivity index (χ0) is 46.2. The lowest BCUT2D eigenvalue weighted by Crippen LogP contribution is -2.45. The Bertz CT molecular complexity index is 2290. The SMILES string of the molecule is CC.CCN(CC)CC(=O)N1CC(C)(C)c2ccc(NC(=O)c3ccc(C)c(C)c3)cc21.Cc1ccc(C(=O)Nc2ccc3c(c2)N(C(=O)CN2CCOCC2)CC3(C)C)cc1C. The summed E-state index contributed by atoms with van der Waals surface area (Å²) < 4.78 is 5.39. The van der Waals surface area contributed by atoms with Crippen LogP contribution in [-0.2, 0) is 25.2 Å². The first-order valence-electron chi connectivity index (χ1n) is 22.6. The van der Waals surface area contributed by atoms with E-state index < -0.39 is 0 Å². The van der Waals surface area contributed by atoms with Crippen LogP contribution in [0.4, 0.5) is 22.7 Å². The van der Waals surface area contributed by atoms with Crippen molar-refractivity contribution in [3.63, 3.8) is 0 Å². The molecule has 4 aromatic rings. The molecule has 0 atom stereocenters. The number of hydrogen-bond acceptors (Lipinski definition) is 7. The molecule has 4 aromatic carbocycles. The summed E-state index contributed by atoms with van der Waals surface area (Å²) in [6.45, 7) is 31.5. The summed E-state index contributed by atoms with van der Waals surface area (Å²) in [5.41, 5.74) is 11.0. The number of morpholine rings is 1. The van der Waals surface area contributed by atoms with Gasteiger partial charge in [0, 0.05) is 70.9 Å². The van der Waals surface area contributed by atoms with Gasteiger partial charge in [0.2, 0.25) is 11.8 Å². The van der Waals surface area contributed by atoms with E-state index in [-0.39, 0.29) is 34.5 Å². The van der Waals surface area contributed by atoms with E-state index >= 15 is 0 Å². The molecule has 11 heteroatoms. The molecule has 4 amide bonds. The first-order chi connectivity index (χ1) is 29.9. The molecule has 0 saturated carbocycles. The van der Waals surface area contributed by atoms with Crippen molar-refractivity contribution in [3.8, 4) is 0 Å². The summed E-state index contributed by atoms with van der Waals surface area (Å²) >= 11 is 0. The number of carbonyl (C=O) groups excluding carboxylic acids is 4. The van der Waals surface area contributed by atoms with Gasteiger partial charge in [0.1, 0.15) is 0 Å². The number of aryl methyl sites for hydroxylation is 4. The van der Waals surface area contributed by atoms with Crippen molar-refractivity contribution in [2.45, 2.75) is 93.9 Å². The van der Waals surface area contributed by atoms with Crippen LogP contribution in [0.2, 0.25) is 0 Å². The Kier molecular flexibility index (Phi) is 16.1. The largest absolute Gasteiger partial charge is 0.379 e. The summed E-state index contributed by atoms with van der Waals surface area (Å²) in [4.78, 5) is 59.7. The third-order valence-corrected chi connectivity index (χ3v) is 12.5. The second kappa shape index (κ2) is 20.9. The molecule has 7 rings (SSSR count). The van der Waals surface area contributed by atoms with Crippen LogP contribution >= 0.6 is 0 Å². The summed E-state index contributed by atoms with van der Waals surface area (Å²) in [5.74, 6) is -0.0997. The molecule has 0 radical (unpaired) electrons. The van der Waals surface area contributed by atoms with Crippen LogP contribution in [0.25, 0.3) is 0 Å².